The van der Waals surface area contributed by atoms with Crippen LogP contribution < -0.4 is 37.1 Å². The number of fused-ring (bicyclic) bond motifs is 5. The normalized spacial score (nSPS) is 17.6. The number of likely N-dealkylation sites (N-methyl/N-ethyl adjacent to an activating group) is 1. The molecule has 0 spiro atoms. The predicted octanol–water partition coefficient (Wildman–Crippen LogP) is 5.39. The number of hydrogen-bond acceptors (Lipinski definition) is 13. The summed E-state index contributed by atoms with van der Waals surface area (Å²) >= 11 is 0. The summed E-state index contributed by atoms with van der Waals surface area (Å²) in [5.74, 6) is -2.42. The second-order valence-electron chi connectivity index (χ2n) is 20.8. The number of likely N-dealkylation sites (tertiary alicyclic amines) is 1. The van der Waals surface area contributed by atoms with Gasteiger partial charge in [-0.1, -0.05) is 83.7 Å². The smallest absolute Gasteiger partial charge is 0.258 e. The lowest BCUT2D eigenvalue weighted by atomic mass is 9.85. The quantitative estimate of drug-likeness (QED) is 0.0573. The van der Waals surface area contributed by atoms with E-state index in [4.69, 9.17) is 10.5 Å². The van der Waals surface area contributed by atoms with Gasteiger partial charge in [-0.2, -0.15) is 10.4 Å². The van der Waals surface area contributed by atoms with Crippen LogP contribution in [0.3, 0.4) is 0 Å². The van der Waals surface area contributed by atoms with Crippen molar-refractivity contribution in [1.29, 1.82) is 5.26 Å². The van der Waals surface area contributed by atoms with Gasteiger partial charge in [0.25, 0.3) is 11.8 Å². The topological polar surface area (TPSA) is 272 Å². The van der Waals surface area contributed by atoms with Gasteiger partial charge >= 0.3 is 0 Å². The van der Waals surface area contributed by atoms with E-state index >= 15 is 0 Å². The zero-order valence-electron chi connectivity index (χ0n) is 45.0. The van der Waals surface area contributed by atoms with Gasteiger partial charge in [-0.05, 0) is 75.8 Å². The SMILES string of the molecule is CC[C@@H](NC(=O)[C@@H]1C[C@H](NC(=O)CCCCCCCCC(=O)NCCn2nc3c(c2C#N)-c2cnc(N)c(n2)O[C@H](C)c2cc(F)ccc2C(=O)N(C)C3)CN1C(=O)[C@@H](NC(=O)[C@H](C)NC)C(C)(C)C)c1ccccc1. The molecule has 0 aliphatic carbocycles. The Morgan fingerprint density at radius 3 is 2.33 bits per heavy atom. The standard InChI is InChI=1S/C55H74FN13O7/c1-9-40(35-19-15-14-16-20-35)63-51(73)43-28-37(31-68(43)54(75)48(55(4,5)6)65-50(72)33(2)59-7)62-46(71)22-18-13-11-10-12-17-21-45(70)60-25-26-69-44(29-57)47-41-30-61-49(58)52(64-41)76-34(3)39-27-36(56)23-24-38(39)53(74)67(8)32-42(47)66-69/h14-16,19-20,23-24,27,30,33-34,37,40,43,48,59H,9-13,17-18,21-22,25-26,28,31-32H2,1-8H3,(H2,58,61)(H,60,70)(H,62,71)(H,63,73)(H,65,72)/t33-,34+,37-,40+,43-,48+/m0/s1. The molecule has 20 nitrogen and oxygen atoms in total. The number of nitrogens with two attached hydrogens (primary N) is 1. The Bertz CT molecular complexity index is 2760. The highest BCUT2D eigenvalue weighted by Gasteiger charge is 2.46. The molecule has 2 aliphatic rings. The molecule has 2 aliphatic heterocycles. The average Bonchev–Trinajstić information content (AvgIpc) is 3.98. The molecule has 2 aromatic heterocycles. The number of aromatic nitrogens is 4. The molecular weight excluding hydrogens is 974 g/mol. The van der Waals surface area contributed by atoms with E-state index in [9.17, 15) is 38.4 Å². The fourth-order valence-electron chi connectivity index (χ4n) is 9.54. The number of halogens is 1. The van der Waals surface area contributed by atoms with Crippen LogP contribution in [0.1, 0.15) is 151 Å². The fraction of sp³-hybridized carbons (Fsp3) is 0.527. The van der Waals surface area contributed by atoms with E-state index in [1.165, 1.54) is 38.9 Å². The van der Waals surface area contributed by atoms with Gasteiger partial charge in [-0.3, -0.25) is 33.4 Å². The highest BCUT2D eigenvalue weighted by atomic mass is 19.1. The largest absolute Gasteiger partial charge is 0.467 e. The molecule has 6 atom stereocenters. The average molecular weight is 1050 g/mol. The van der Waals surface area contributed by atoms with Gasteiger partial charge in [-0.25, -0.2) is 14.4 Å². The van der Waals surface area contributed by atoms with Gasteiger partial charge < -0.3 is 46.9 Å². The molecule has 4 heterocycles. The molecule has 21 heteroatoms. The molecule has 4 aromatic rings. The molecule has 0 unspecified atom stereocenters. The predicted molar refractivity (Wildman–Crippen MR) is 283 cm³/mol. The number of amides is 6. The number of nitrogens with zero attached hydrogens (tertiary/aromatic N) is 7. The van der Waals surface area contributed by atoms with Crippen molar-refractivity contribution in [3.8, 4) is 23.2 Å². The summed E-state index contributed by atoms with van der Waals surface area (Å²) in [6.45, 7) is 11.3. The summed E-state index contributed by atoms with van der Waals surface area (Å²) < 4.78 is 21.9. The number of rotatable bonds is 21. The number of nitrogen functional groups attached to an aromatic ring is 1. The molecule has 6 amide bonds. The van der Waals surface area contributed by atoms with Crippen LogP contribution >= 0.6 is 0 Å². The first-order valence-corrected chi connectivity index (χ1v) is 26.3. The van der Waals surface area contributed by atoms with E-state index in [0.29, 0.717) is 42.5 Å². The molecule has 6 rings (SSSR count). The maximum atomic E-state index is 14.4. The minimum atomic E-state index is -0.924. The van der Waals surface area contributed by atoms with Gasteiger partial charge in [0.15, 0.2) is 5.82 Å². The van der Waals surface area contributed by atoms with E-state index < -0.39 is 47.4 Å². The number of carbonyl (C=O) groups is 6. The minimum absolute atomic E-state index is 0.0254. The number of hydrogen-bond donors (Lipinski definition) is 6. The number of unbranched alkanes of at least 4 members (excludes halogenated alkanes) is 5. The van der Waals surface area contributed by atoms with E-state index in [2.05, 4.69) is 47.7 Å². The van der Waals surface area contributed by atoms with Gasteiger partial charge in [0.1, 0.15) is 35.8 Å². The molecule has 0 radical (unpaired) electrons. The number of benzene rings is 2. The fourth-order valence-corrected chi connectivity index (χ4v) is 9.54. The highest BCUT2D eigenvalue weighted by molar-refractivity contribution is 5.96. The summed E-state index contributed by atoms with van der Waals surface area (Å²) in [5.41, 5.74) is 7.97. The molecule has 1 saturated heterocycles. The van der Waals surface area contributed by atoms with Crippen molar-refractivity contribution in [3.63, 3.8) is 0 Å². The lowest BCUT2D eigenvalue weighted by Crippen LogP contribution is -2.59. The first kappa shape index (κ1) is 57.8. The van der Waals surface area contributed by atoms with Crippen molar-refractivity contribution in [2.45, 2.75) is 155 Å². The van der Waals surface area contributed by atoms with Crippen molar-refractivity contribution in [2.75, 3.05) is 32.9 Å². The van der Waals surface area contributed by atoms with Crippen LogP contribution in [0.2, 0.25) is 0 Å². The summed E-state index contributed by atoms with van der Waals surface area (Å²) in [6.07, 6.45) is 6.65. The number of nitrogens with one attached hydrogen (secondary N) is 5. The number of ether oxygens (including phenoxy) is 1. The Morgan fingerprint density at radius 1 is 0.987 bits per heavy atom. The Kier molecular flexibility index (Phi) is 20.0. The van der Waals surface area contributed by atoms with Crippen molar-refractivity contribution >= 4 is 41.3 Å². The van der Waals surface area contributed by atoms with Crippen LogP contribution in [0.4, 0.5) is 10.2 Å². The molecule has 2 aromatic carbocycles. The summed E-state index contributed by atoms with van der Waals surface area (Å²) in [7, 11) is 3.24. The Labute approximate surface area is 444 Å². The number of carbonyl (C=O) groups excluding carboxylic acids is 6. The summed E-state index contributed by atoms with van der Waals surface area (Å²) in [5, 5.41) is 30.0. The number of anilines is 1. The molecule has 0 saturated carbocycles. The monoisotopic (exact) mass is 1050 g/mol. The second kappa shape index (κ2) is 26.3. The van der Waals surface area contributed by atoms with Gasteiger partial charge in [0.2, 0.25) is 29.5 Å². The van der Waals surface area contributed by atoms with Crippen LogP contribution in [0.5, 0.6) is 5.88 Å². The third-order valence-electron chi connectivity index (χ3n) is 14.0. The molecule has 408 valence electrons. The maximum absolute atomic E-state index is 14.4. The molecule has 76 heavy (non-hydrogen) atoms. The Morgan fingerprint density at radius 2 is 1.67 bits per heavy atom. The maximum Gasteiger partial charge on any atom is 0.258 e. The van der Waals surface area contributed by atoms with E-state index in [1.54, 1.807) is 27.9 Å². The van der Waals surface area contributed by atoms with Crippen LogP contribution in [-0.4, -0.2) is 116 Å². The van der Waals surface area contributed by atoms with Crippen LogP contribution in [0.15, 0.2) is 54.7 Å². The highest BCUT2D eigenvalue weighted by Crippen LogP contribution is 2.34. The van der Waals surface area contributed by atoms with Gasteiger partial charge in [0, 0.05) is 50.1 Å². The van der Waals surface area contributed by atoms with Crippen LogP contribution in [0, 0.1) is 22.6 Å². The molecule has 2 bridgehead atoms. The summed E-state index contributed by atoms with van der Waals surface area (Å²) in [6, 6.07) is 12.6. The zero-order valence-corrected chi connectivity index (χ0v) is 45.0. The van der Waals surface area contributed by atoms with E-state index in [-0.39, 0.29) is 103 Å². The lowest BCUT2D eigenvalue weighted by molar-refractivity contribution is -0.144. The summed E-state index contributed by atoms with van der Waals surface area (Å²) in [4.78, 5) is 93.2. The second-order valence-corrected chi connectivity index (χ2v) is 20.8. The minimum Gasteiger partial charge on any atom is -0.467 e. The van der Waals surface area contributed by atoms with E-state index in [1.807, 2.05) is 58.0 Å². The van der Waals surface area contributed by atoms with E-state index in [0.717, 1.165) is 31.2 Å². The zero-order chi connectivity index (χ0) is 55.3. The van der Waals surface area contributed by atoms with Crippen LogP contribution in [-0.2, 0) is 37.1 Å². The van der Waals surface area contributed by atoms with Crippen molar-refractivity contribution in [2.24, 2.45) is 5.41 Å². The Balaban J connectivity index is 0.963. The van der Waals surface area contributed by atoms with Crippen molar-refractivity contribution in [1.82, 2.24) is 56.1 Å². The molecular formula is C55H74FN13O7. The first-order valence-electron chi connectivity index (χ1n) is 26.3. The third-order valence-corrected chi connectivity index (χ3v) is 14.0. The molecule has 7 N–H and O–H groups in total. The molecule has 1 fully saturated rings. The van der Waals surface area contributed by atoms with Crippen molar-refractivity contribution in [3.05, 3.63) is 88.6 Å². The van der Waals surface area contributed by atoms with Gasteiger partial charge in [-0.15, -0.1) is 0 Å². The van der Waals surface area contributed by atoms with Gasteiger partial charge in [0.05, 0.1) is 48.3 Å². The Hall–Kier alpha value is -7.47. The van der Waals surface area contributed by atoms with Crippen molar-refractivity contribution < 1.29 is 37.9 Å². The van der Waals surface area contributed by atoms with Crippen LogP contribution in [0.25, 0.3) is 11.3 Å². The number of nitriles is 1. The third kappa shape index (κ3) is 14.7. The first-order chi connectivity index (χ1) is 36.2. The lowest BCUT2D eigenvalue weighted by Gasteiger charge is -2.36.